The van der Waals surface area contributed by atoms with Crippen LogP contribution in [0, 0.1) is 13.8 Å². The molecule has 0 aliphatic heterocycles. The Morgan fingerprint density at radius 2 is 1.92 bits per heavy atom. The molecule has 3 aromatic rings. The first-order valence-electron chi connectivity index (χ1n) is 9.19. The number of nitrogens with two attached hydrogens (primary N) is 1. The van der Waals surface area contributed by atoms with Crippen molar-refractivity contribution in [3.8, 4) is 11.3 Å². The van der Waals surface area contributed by atoms with Gasteiger partial charge in [0.2, 0.25) is 0 Å². The van der Waals surface area contributed by atoms with E-state index >= 15 is 0 Å². The highest BCUT2D eigenvalue weighted by atomic mass is 19.1. The van der Waals surface area contributed by atoms with Crippen molar-refractivity contribution < 1.29 is 4.39 Å². The van der Waals surface area contributed by atoms with Gasteiger partial charge in [-0.1, -0.05) is 13.8 Å². The third-order valence-corrected chi connectivity index (χ3v) is 4.79. The minimum Gasteiger partial charge on any atom is -0.346 e. The van der Waals surface area contributed by atoms with Gasteiger partial charge in [0.25, 0.3) is 0 Å². The van der Waals surface area contributed by atoms with Crippen LogP contribution in [0.2, 0.25) is 0 Å². The Morgan fingerprint density at radius 1 is 1.15 bits per heavy atom. The van der Waals surface area contributed by atoms with Gasteiger partial charge in [-0.3, -0.25) is 9.37 Å². The Bertz CT molecular complexity index is 927. The molecule has 0 bridgehead atoms. The lowest BCUT2D eigenvalue weighted by molar-refractivity contribution is 0.450. The van der Waals surface area contributed by atoms with Gasteiger partial charge in [0.1, 0.15) is 0 Å². The summed E-state index contributed by atoms with van der Waals surface area (Å²) in [7, 11) is 0. The molecule has 0 radical (unpaired) electrons. The fourth-order valence-electron chi connectivity index (χ4n) is 3.37. The number of hydrogen-bond acceptors (Lipinski definition) is 3. The molecule has 0 spiro atoms. The lowest BCUT2D eigenvalue weighted by Crippen LogP contribution is -2.07. The summed E-state index contributed by atoms with van der Waals surface area (Å²) >= 11 is 0. The van der Waals surface area contributed by atoms with E-state index in [1.807, 2.05) is 6.92 Å². The zero-order chi connectivity index (χ0) is 18.8. The first kappa shape index (κ1) is 18.5. The summed E-state index contributed by atoms with van der Waals surface area (Å²) in [6, 6.07) is 6.28. The van der Waals surface area contributed by atoms with E-state index in [9.17, 15) is 4.39 Å². The van der Waals surface area contributed by atoms with Crippen LogP contribution in [0.25, 0.3) is 22.3 Å². The van der Waals surface area contributed by atoms with Crippen LogP contribution in [0.3, 0.4) is 0 Å². The Hall–Kier alpha value is -2.27. The topological polar surface area (TPSA) is 56.7 Å². The molecule has 3 aromatic heterocycles. The monoisotopic (exact) mass is 354 g/mol. The van der Waals surface area contributed by atoms with E-state index in [0.29, 0.717) is 25.4 Å². The number of halogens is 1. The summed E-state index contributed by atoms with van der Waals surface area (Å²) in [4.78, 5) is 9.69. The number of fused-ring (bicyclic) bond motifs is 1. The molecule has 0 unspecified atom stereocenters. The number of alkyl halides is 1. The Morgan fingerprint density at radius 3 is 2.58 bits per heavy atom. The number of rotatable bonds is 6. The van der Waals surface area contributed by atoms with Gasteiger partial charge in [-0.2, -0.15) is 0 Å². The van der Waals surface area contributed by atoms with E-state index in [-0.39, 0.29) is 6.67 Å². The highest BCUT2D eigenvalue weighted by Gasteiger charge is 2.16. The van der Waals surface area contributed by atoms with Crippen LogP contribution < -0.4 is 5.73 Å². The van der Waals surface area contributed by atoms with Gasteiger partial charge in [-0.05, 0) is 55.5 Å². The quantitative estimate of drug-likeness (QED) is 0.700. The minimum atomic E-state index is -0.309. The molecular weight excluding hydrogens is 327 g/mol. The van der Waals surface area contributed by atoms with Crippen molar-refractivity contribution in [3.05, 3.63) is 46.9 Å². The Labute approximate surface area is 154 Å². The van der Waals surface area contributed by atoms with Gasteiger partial charge in [0, 0.05) is 30.5 Å². The van der Waals surface area contributed by atoms with E-state index in [1.165, 1.54) is 0 Å². The largest absolute Gasteiger partial charge is 0.346 e. The summed E-state index contributed by atoms with van der Waals surface area (Å²) in [5.74, 6) is 0.359. The second-order valence-electron chi connectivity index (χ2n) is 7.16. The number of hydrogen-bond donors (Lipinski definition) is 1. The lowest BCUT2D eigenvalue weighted by atomic mass is 10.0. The summed E-state index contributed by atoms with van der Waals surface area (Å²) in [5, 5.41) is 0. The van der Waals surface area contributed by atoms with E-state index in [1.54, 1.807) is 0 Å². The molecule has 3 heterocycles. The van der Waals surface area contributed by atoms with Crippen molar-refractivity contribution in [2.24, 2.45) is 5.73 Å². The van der Waals surface area contributed by atoms with Crippen molar-refractivity contribution in [2.75, 3.05) is 6.67 Å². The first-order valence-corrected chi connectivity index (χ1v) is 9.19. The molecule has 5 heteroatoms. The average molecular weight is 354 g/mol. The van der Waals surface area contributed by atoms with E-state index in [2.05, 4.69) is 49.7 Å². The van der Waals surface area contributed by atoms with Crippen molar-refractivity contribution >= 4 is 11.0 Å². The molecular formula is C21H27FN4. The summed E-state index contributed by atoms with van der Waals surface area (Å²) in [6.45, 7) is 9.09. The second kappa shape index (κ2) is 7.54. The van der Waals surface area contributed by atoms with Crippen LogP contribution in [-0.4, -0.2) is 21.2 Å². The Kier molecular flexibility index (Phi) is 5.37. The number of aromatic nitrogens is 3. The van der Waals surface area contributed by atoms with Gasteiger partial charge < -0.3 is 10.3 Å². The van der Waals surface area contributed by atoms with Crippen LogP contribution in [0.1, 0.15) is 48.7 Å². The average Bonchev–Trinajstić information content (AvgIpc) is 2.93. The standard InChI is InChI=1S/C21H27FN4/c1-13(2)17-7-6-16(18(11-23)24-17)20-14(3)10-19-21(25-20)15(4)12-26(19)9-5-8-22/h6-7,10,12-13H,5,8-9,11,23H2,1-4H3. The molecule has 138 valence electrons. The zero-order valence-electron chi connectivity index (χ0n) is 16.0. The van der Waals surface area contributed by atoms with Crippen LogP contribution >= 0.6 is 0 Å². The van der Waals surface area contributed by atoms with E-state index in [0.717, 1.165) is 44.8 Å². The molecule has 0 saturated carbocycles. The van der Waals surface area contributed by atoms with Crippen LogP contribution in [-0.2, 0) is 13.1 Å². The van der Waals surface area contributed by atoms with E-state index in [4.69, 9.17) is 15.7 Å². The molecule has 0 aliphatic rings. The van der Waals surface area contributed by atoms with Crippen molar-refractivity contribution in [1.29, 1.82) is 0 Å². The van der Waals surface area contributed by atoms with E-state index < -0.39 is 0 Å². The van der Waals surface area contributed by atoms with Crippen LogP contribution in [0.4, 0.5) is 4.39 Å². The predicted octanol–water partition coefficient (Wildman–Crippen LogP) is 4.66. The Balaban J connectivity index is 2.14. The van der Waals surface area contributed by atoms with Gasteiger partial charge in [0.05, 0.1) is 29.1 Å². The molecule has 0 aliphatic carbocycles. The third kappa shape index (κ3) is 3.36. The van der Waals surface area contributed by atoms with Gasteiger partial charge >= 0.3 is 0 Å². The summed E-state index contributed by atoms with van der Waals surface area (Å²) < 4.78 is 14.7. The van der Waals surface area contributed by atoms with Crippen molar-refractivity contribution in [1.82, 2.24) is 14.5 Å². The molecule has 2 N–H and O–H groups in total. The summed E-state index contributed by atoms with van der Waals surface area (Å²) in [6.07, 6.45) is 2.57. The number of aryl methyl sites for hydroxylation is 3. The molecule has 0 amide bonds. The maximum atomic E-state index is 12.6. The van der Waals surface area contributed by atoms with Gasteiger partial charge in [-0.15, -0.1) is 0 Å². The molecule has 4 nitrogen and oxygen atoms in total. The van der Waals surface area contributed by atoms with Crippen molar-refractivity contribution in [3.63, 3.8) is 0 Å². The maximum absolute atomic E-state index is 12.6. The predicted molar refractivity (Wildman–Crippen MR) is 105 cm³/mol. The maximum Gasteiger partial charge on any atom is 0.0917 e. The molecule has 0 aromatic carbocycles. The zero-order valence-corrected chi connectivity index (χ0v) is 16.0. The third-order valence-electron chi connectivity index (χ3n) is 4.79. The van der Waals surface area contributed by atoms with Crippen LogP contribution in [0.15, 0.2) is 24.4 Å². The fourth-order valence-corrected chi connectivity index (χ4v) is 3.37. The minimum absolute atomic E-state index is 0.309. The lowest BCUT2D eigenvalue weighted by Gasteiger charge is -2.13. The van der Waals surface area contributed by atoms with Crippen molar-refractivity contribution in [2.45, 2.75) is 53.1 Å². The van der Waals surface area contributed by atoms with Crippen LogP contribution in [0.5, 0.6) is 0 Å². The number of nitrogens with zero attached hydrogens (tertiary/aromatic N) is 3. The fraction of sp³-hybridized carbons (Fsp3) is 0.429. The molecule has 0 saturated heterocycles. The van der Waals surface area contributed by atoms with Gasteiger partial charge in [-0.25, -0.2) is 4.98 Å². The highest BCUT2D eigenvalue weighted by Crippen LogP contribution is 2.30. The molecule has 3 rings (SSSR count). The highest BCUT2D eigenvalue weighted by molar-refractivity contribution is 5.84. The molecule has 0 fully saturated rings. The second-order valence-corrected chi connectivity index (χ2v) is 7.16. The summed E-state index contributed by atoms with van der Waals surface area (Å²) in [5.41, 5.74) is 14.0. The SMILES string of the molecule is Cc1cc2c(nc1-c1ccc(C(C)C)nc1CN)c(C)cn2CCCF. The molecule has 0 atom stereocenters. The smallest absolute Gasteiger partial charge is 0.0917 e. The normalized spacial score (nSPS) is 11.7. The number of pyridine rings is 2. The van der Waals surface area contributed by atoms with Gasteiger partial charge in [0.15, 0.2) is 0 Å². The molecule has 26 heavy (non-hydrogen) atoms. The first-order chi connectivity index (χ1) is 12.5.